The number of aromatic nitrogens is 1. The number of hydrogen-bond acceptors (Lipinski definition) is 5. The predicted octanol–water partition coefficient (Wildman–Crippen LogP) is 2.06. The first-order chi connectivity index (χ1) is 13.0. The number of pyridine rings is 1. The highest BCUT2D eigenvalue weighted by atomic mass is 16.4. The Kier molecular flexibility index (Phi) is 12.4. The van der Waals surface area contributed by atoms with E-state index in [0.29, 0.717) is 18.4 Å². The van der Waals surface area contributed by atoms with Gasteiger partial charge in [-0.1, -0.05) is 6.42 Å². The van der Waals surface area contributed by atoms with Crippen molar-refractivity contribution in [1.82, 2.24) is 10.3 Å². The lowest BCUT2D eigenvalue weighted by molar-refractivity contribution is -0.135. The lowest BCUT2D eigenvalue weighted by atomic mass is 9.86. The first-order valence-electron chi connectivity index (χ1n) is 9.36. The molecule has 0 bridgehead atoms. The number of rotatable bonds is 4. The van der Waals surface area contributed by atoms with Crippen molar-refractivity contribution in [1.29, 1.82) is 0 Å². The molecule has 1 amide bonds. The minimum atomic E-state index is -0.833. The van der Waals surface area contributed by atoms with Crippen LogP contribution in [0.2, 0.25) is 0 Å². The molecule has 0 radical (unpaired) electrons. The number of carboxylic acid groups (broad SMARTS) is 2. The van der Waals surface area contributed by atoms with Crippen LogP contribution in [0, 0.1) is 19.8 Å². The molecule has 1 saturated carbocycles. The van der Waals surface area contributed by atoms with Gasteiger partial charge in [-0.25, -0.2) is 0 Å². The Morgan fingerprint density at radius 2 is 1.61 bits per heavy atom. The average Bonchev–Trinajstić information content (AvgIpc) is 2.52. The summed E-state index contributed by atoms with van der Waals surface area (Å²) in [6.07, 6.45) is 4.91. The van der Waals surface area contributed by atoms with E-state index in [4.69, 9.17) is 25.5 Å². The molecule has 1 aromatic rings. The van der Waals surface area contributed by atoms with E-state index in [-0.39, 0.29) is 5.91 Å². The van der Waals surface area contributed by atoms with Gasteiger partial charge in [-0.3, -0.25) is 19.4 Å². The number of carbonyl (C=O) groups is 3. The molecule has 1 aliphatic carbocycles. The summed E-state index contributed by atoms with van der Waals surface area (Å²) in [4.78, 5) is 34.5. The standard InChI is InChI=1S/C16H25N3O.2C2H4O2/c1-11-6-14(7-12(2)18-11)9-16(20)19-15-5-3-4-13(8-15)10-17;2*1-2(3)4/h6-7,13,15H,3-5,8-10,17H2,1-2H3,(H,19,20);2*1H3,(H,3,4)/t13-,15+;;/m1../s1. The van der Waals surface area contributed by atoms with Crippen molar-refractivity contribution in [2.24, 2.45) is 11.7 Å². The summed E-state index contributed by atoms with van der Waals surface area (Å²) in [5, 5.41) is 18.0. The molecule has 0 saturated heterocycles. The summed E-state index contributed by atoms with van der Waals surface area (Å²) in [6.45, 7) is 6.82. The van der Waals surface area contributed by atoms with Crippen LogP contribution in [-0.4, -0.2) is 45.6 Å². The Morgan fingerprint density at radius 3 is 2.07 bits per heavy atom. The van der Waals surface area contributed by atoms with Crippen LogP contribution in [-0.2, 0) is 20.8 Å². The van der Waals surface area contributed by atoms with Crippen molar-refractivity contribution >= 4 is 17.8 Å². The smallest absolute Gasteiger partial charge is 0.300 e. The van der Waals surface area contributed by atoms with Gasteiger partial charge in [0.15, 0.2) is 0 Å². The fraction of sp³-hybridized carbons (Fsp3) is 0.600. The Morgan fingerprint density at radius 1 is 1.11 bits per heavy atom. The minimum absolute atomic E-state index is 0.109. The van der Waals surface area contributed by atoms with Gasteiger partial charge in [0, 0.05) is 31.3 Å². The number of aryl methyl sites for hydroxylation is 2. The van der Waals surface area contributed by atoms with E-state index in [1.54, 1.807) is 0 Å². The second-order valence-corrected chi connectivity index (χ2v) is 7.01. The molecule has 28 heavy (non-hydrogen) atoms. The van der Waals surface area contributed by atoms with Crippen molar-refractivity contribution in [2.45, 2.75) is 65.8 Å². The lowest BCUT2D eigenvalue weighted by Crippen LogP contribution is -2.40. The molecular weight excluding hydrogens is 362 g/mol. The first kappa shape index (κ1) is 25.5. The molecule has 1 aromatic heterocycles. The zero-order valence-electron chi connectivity index (χ0n) is 17.2. The van der Waals surface area contributed by atoms with Crippen molar-refractivity contribution < 1.29 is 24.6 Å². The third-order valence-corrected chi connectivity index (χ3v) is 3.99. The van der Waals surface area contributed by atoms with Crippen LogP contribution in [0.1, 0.15) is 56.5 Å². The normalized spacial score (nSPS) is 17.9. The van der Waals surface area contributed by atoms with Gasteiger partial charge in [0.1, 0.15) is 0 Å². The number of nitrogens with two attached hydrogens (primary N) is 1. The SMILES string of the molecule is CC(=O)O.CC(=O)O.Cc1cc(CC(=O)N[C@H]2CCC[C@@H](CN)C2)cc(C)n1. The van der Waals surface area contributed by atoms with Gasteiger partial charge in [-0.05, 0) is 63.3 Å². The Hall–Kier alpha value is -2.48. The Balaban J connectivity index is 0.000000776. The molecule has 1 heterocycles. The second-order valence-electron chi connectivity index (χ2n) is 7.01. The van der Waals surface area contributed by atoms with Crippen molar-refractivity contribution in [2.75, 3.05) is 6.54 Å². The van der Waals surface area contributed by atoms with E-state index < -0.39 is 11.9 Å². The maximum atomic E-state index is 12.1. The Labute approximate surface area is 166 Å². The monoisotopic (exact) mass is 395 g/mol. The summed E-state index contributed by atoms with van der Waals surface area (Å²) in [6, 6.07) is 4.26. The van der Waals surface area contributed by atoms with E-state index in [1.165, 1.54) is 12.8 Å². The number of nitrogens with zero attached hydrogens (tertiary/aromatic N) is 1. The number of carbonyl (C=O) groups excluding carboxylic acids is 1. The van der Waals surface area contributed by atoms with Crippen molar-refractivity contribution in [3.05, 3.63) is 29.1 Å². The summed E-state index contributed by atoms with van der Waals surface area (Å²) >= 11 is 0. The summed E-state index contributed by atoms with van der Waals surface area (Å²) in [7, 11) is 0. The fourth-order valence-electron chi connectivity index (χ4n) is 3.12. The molecule has 0 unspecified atom stereocenters. The summed E-state index contributed by atoms with van der Waals surface area (Å²) in [5.74, 6) is -0.989. The molecule has 2 atom stereocenters. The van der Waals surface area contributed by atoms with Crippen LogP contribution >= 0.6 is 0 Å². The van der Waals surface area contributed by atoms with Gasteiger partial charge >= 0.3 is 0 Å². The van der Waals surface area contributed by atoms with Gasteiger partial charge in [0.2, 0.25) is 5.91 Å². The van der Waals surface area contributed by atoms with E-state index in [2.05, 4.69) is 10.3 Å². The predicted molar refractivity (Wildman–Crippen MR) is 107 cm³/mol. The molecule has 8 heteroatoms. The number of carboxylic acids is 2. The molecule has 5 N–H and O–H groups in total. The van der Waals surface area contributed by atoms with Gasteiger partial charge in [-0.15, -0.1) is 0 Å². The molecule has 1 fully saturated rings. The van der Waals surface area contributed by atoms with Crippen LogP contribution in [0.25, 0.3) is 0 Å². The zero-order valence-corrected chi connectivity index (χ0v) is 17.2. The van der Waals surface area contributed by atoms with Crippen LogP contribution in [0.3, 0.4) is 0 Å². The Bertz CT molecular complexity index is 608. The lowest BCUT2D eigenvalue weighted by Gasteiger charge is -2.29. The van der Waals surface area contributed by atoms with E-state index >= 15 is 0 Å². The number of nitrogens with one attached hydrogen (secondary N) is 1. The zero-order chi connectivity index (χ0) is 21.7. The molecule has 0 aliphatic heterocycles. The maximum absolute atomic E-state index is 12.1. The maximum Gasteiger partial charge on any atom is 0.300 e. The molecule has 158 valence electrons. The molecule has 8 nitrogen and oxygen atoms in total. The fourth-order valence-corrected chi connectivity index (χ4v) is 3.12. The molecule has 1 aliphatic rings. The average molecular weight is 396 g/mol. The minimum Gasteiger partial charge on any atom is -0.481 e. The van der Waals surface area contributed by atoms with Crippen molar-refractivity contribution in [3.8, 4) is 0 Å². The quantitative estimate of drug-likeness (QED) is 0.611. The van der Waals surface area contributed by atoms with Gasteiger partial charge in [0.25, 0.3) is 11.9 Å². The molecule has 0 aromatic carbocycles. The van der Waals surface area contributed by atoms with Crippen LogP contribution < -0.4 is 11.1 Å². The highest BCUT2D eigenvalue weighted by molar-refractivity contribution is 5.78. The summed E-state index contributed by atoms with van der Waals surface area (Å²) < 4.78 is 0. The van der Waals surface area contributed by atoms with E-state index in [9.17, 15) is 4.79 Å². The number of aliphatic carboxylic acids is 2. The van der Waals surface area contributed by atoms with Crippen LogP contribution in [0.4, 0.5) is 0 Å². The highest BCUT2D eigenvalue weighted by Gasteiger charge is 2.22. The topological polar surface area (TPSA) is 143 Å². The van der Waals surface area contributed by atoms with Gasteiger partial charge in [-0.2, -0.15) is 0 Å². The van der Waals surface area contributed by atoms with Crippen molar-refractivity contribution in [3.63, 3.8) is 0 Å². The molecule has 2 rings (SSSR count). The van der Waals surface area contributed by atoms with Crippen LogP contribution in [0.15, 0.2) is 12.1 Å². The van der Waals surface area contributed by atoms with E-state index in [1.807, 2.05) is 26.0 Å². The molecule has 0 spiro atoms. The second kappa shape index (κ2) is 13.7. The number of amides is 1. The molecular formula is C20H33N3O5. The third kappa shape index (κ3) is 13.7. The summed E-state index contributed by atoms with van der Waals surface area (Å²) in [5.41, 5.74) is 8.71. The van der Waals surface area contributed by atoms with Crippen LogP contribution in [0.5, 0.6) is 0 Å². The van der Waals surface area contributed by atoms with E-state index in [0.717, 1.165) is 50.2 Å². The highest BCUT2D eigenvalue weighted by Crippen LogP contribution is 2.23. The third-order valence-electron chi connectivity index (χ3n) is 3.99. The first-order valence-corrected chi connectivity index (χ1v) is 9.36. The van der Waals surface area contributed by atoms with Gasteiger partial charge in [0.05, 0.1) is 6.42 Å². The van der Waals surface area contributed by atoms with Gasteiger partial charge < -0.3 is 21.3 Å². The largest absolute Gasteiger partial charge is 0.481 e. The number of hydrogen-bond donors (Lipinski definition) is 4.